The molecule has 3 rings (SSSR count). The molecule has 132 valence electrons. The highest BCUT2D eigenvalue weighted by Gasteiger charge is 2.23. The number of rotatable bonds is 5. The molecule has 1 fully saturated rings. The summed E-state index contributed by atoms with van der Waals surface area (Å²) in [7, 11) is 0. The minimum atomic E-state index is -0.0611. The zero-order valence-corrected chi connectivity index (χ0v) is 14.8. The number of pyridine rings is 2. The molecule has 1 atom stereocenters. The van der Waals surface area contributed by atoms with Gasteiger partial charge in [-0.15, -0.1) is 0 Å². The topological polar surface area (TPSA) is 58.6 Å². The summed E-state index contributed by atoms with van der Waals surface area (Å²) in [6.45, 7) is 7.71. The Labute approximate surface area is 148 Å². The molecule has 25 heavy (non-hydrogen) atoms. The Morgan fingerprint density at radius 3 is 2.80 bits per heavy atom. The number of carbonyl (C=O) groups excluding carboxylic acids is 1. The highest BCUT2D eigenvalue weighted by molar-refractivity contribution is 5.93. The fraction of sp³-hybridized carbons (Fsp3) is 0.421. The maximum absolute atomic E-state index is 13.0. The van der Waals surface area contributed by atoms with Crippen LogP contribution in [0.4, 0.5) is 5.69 Å². The van der Waals surface area contributed by atoms with Gasteiger partial charge in [-0.2, -0.15) is 0 Å². The van der Waals surface area contributed by atoms with Gasteiger partial charge in [0.1, 0.15) is 5.69 Å². The van der Waals surface area contributed by atoms with Crippen LogP contribution in [0.25, 0.3) is 0 Å². The number of ether oxygens (including phenoxy) is 1. The Bertz CT molecular complexity index is 702. The average molecular weight is 340 g/mol. The van der Waals surface area contributed by atoms with Crippen LogP contribution < -0.4 is 4.90 Å². The van der Waals surface area contributed by atoms with E-state index in [1.165, 1.54) is 0 Å². The molecule has 0 aliphatic carbocycles. The van der Waals surface area contributed by atoms with Crippen molar-refractivity contribution in [3.8, 4) is 0 Å². The molecule has 0 spiro atoms. The van der Waals surface area contributed by atoms with E-state index in [9.17, 15) is 4.79 Å². The number of amides is 1. The Morgan fingerprint density at radius 2 is 2.12 bits per heavy atom. The molecule has 1 aliphatic rings. The molecule has 6 nitrogen and oxygen atoms in total. The monoisotopic (exact) mass is 340 g/mol. The third-order valence-corrected chi connectivity index (χ3v) is 4.57. The van der Waals surface area contributed by atoms with E-state index in [0.29, 0.717) is 25.5 Å². The van der Waals surface area contributed by atoms with Crippen LogP contribution in [0.5, 0.6) is 0 Å². The molecule has 1 saturated heterocycles. The van der Waals surface area contributed by atoms with Crippen molar-refractivity contribution in [1.82, 2.24) is 14.9 Å². The quantitative estimate of drug-likeness (QED) is 0.837. The zero-order valence-electron chi connectivity index (χ0n) is 14.8. The molecule has 2 aromatic rings. The number of anilines is 1. The summed E-state index contributed by atoms with van der Waals surface area (Å²) in [5.74, 6) is -0.0611. The second-order valence-electron chi connectivity index (χ2n) is 6.05. The zero-order chi connectivity index (χ0) is 17.6. The molecule has 0 radical (unpaired) electrons. The van der Waals surface area contributed by atoms with E-state index in [1.807, 2.05) is 43.0 Å². The third-order valence-electron chi connectivity index (χ3n) is 4.57. The van der Waals surface area contributed by atoms with Crippen molar-refractivity contribution in [3.63, 3.8) is 0 Å². The molecule has 2 aromatic heterocycles. The second kappa shape index (κ2) is 8.07. The highest BCUT2D eigenvalue weighted by Crippen LogP contribution is 2.22. The standard InChI is InChI=1S/C19H24N4O2/c1-3-23(15(2)16-5-4-7-20-14-16)19(24)18-13-17(6-8-21-18)22-9-11-25-12-10-22/h4-8,13-15H,3,9-12H2,1-2H3/t15-/m1/s1. The van der Waals surface area contributed by atoms with Crippen LogP contribution in [0.3, 0.4) is 0 Å². The number of nitrogens with zero attached hydrogens (tertiary/aromatic N) is 4. The van der Waals surface area contributed by atoms with Crippen molar-refractivity contribution in [2.75, 3.05) is 37.7 Å². The van der Waals surface area contributed by atoms with Gasteiger partial charge in [-0.05, 0) is 37.6 Å². The minimum Gasteiger partial charge on any atom is -0.378 e. The lowest BCUT2D eigenvalue weighted by Crippen LogP contribution is -2.37. The molecule has 3 heterocycles. The lowest BCUT2D eigenvalue weighted by atomic mass is 10.1. The van der Waals surface area contributed by atoms with Crippen LogP contribution in [0.1, 0.15) is 35.9 Å². The van der Waals surface area contributed by atoms with Gasteiger partial charge in [0.15, 0.2) is 0 Å². The Morgan fingerprint density at radius 1 is 1.32 bits per heavy atom. The second-order valence-corrected chi connectivity index (χ2v) is 6.05. The maximum atomic E-state index is 13.0. The van der Waals surface area contributed by atoms with Gasteiger partial charge >= 0.3 is 0 Å². The smallest absolute Gasteiger partial charge is 0.273 e. The van der Waals surface area contributed by atoms with Gasteiger partial charge in [0.25, 0.3) is 5.91 Å². The van der Waals surface area contributed by atoms with Crippen molar-refractivity contribution in [3.05, 3.63) is 54.1 Å². The highest BCUT2D eigenvalue weighted by atomic mass is 16.5. The fourth-order valence-corrected chi connectivity index (χ4v) is 3.10. The van der Waals surface area contributed by atoms with E-state index in [2.05, 4.69) is 14.9 Å². The molecule has 0 unspecified atom stereocenters. The average Bonchev–Trinajstić information content (AvgIpc) is 2.70. The van der Waals surface area contributed by atoms with Gasteiger partial charge in [0, 0.05) is 43.9 Å². The largest absolute Gasteiger partial charge is 0.378 e. The van der Waals surface area contributed by atoms with Gasteiger partial charge in [-0.3, -0.25) is 14.8 Å². The third kappa shape index (κ3) is 3.96. The van der Waals surface area contributed by atoms with Crippen molar-refractivity contribution in [2.45, 2.75) is 19.9 Å². The molecule has 1 amide bonds. The van der Waals surface area contributed by atoms with E-state index in [0.717, 1.165) is 24.3 Å². The maximum Gasteiger partial charge on any atom is 0.273 e. The first-order valence-electron chi connectivity index (χ1n) is 8.70. The molecule has 0 aromatic carbocycles. The van der Waals surface area contributed by atoms with E-state index < -0.39 is 0 Å². The van der Waals surface area contributed by atoms with Crippen LogP contribution in [0.15, 0.2) is 42.9 Å². The summed E-state index contributed by atoms with van der Waals surface area (Å²) in [6, 6.07) is 7.65. The Balaban J connectivity index is 1.81. The van der Waals surface area contributed by atoms with Gasteiger partial charge < -0.3 is 14.5 Å². The van der Waals surface area contributed by atoms with E-state index in [-0.39, 0.29) is 11.9 Å². The molecule has 0 N–H and O–H groups in total. The Hall–Kier alpha value is -2.47. The summed E-state index contributed by atoms with van der Waals surface area (Å²) in [5, 5.41) is 0. The molecule has 0 saturated carbocycles. The lowest BCUT2D eigenvalue weighted by Gasteiger charge is -2.30. The predicted molar refractivity (Wildman–Crippen MR) is 96.6 cm³/mol. The molecular weight excluding hydrogens is 316 g/mol. The van der Waals surface area contributed by atoms with Crippen molar-refractivity contribution in [1.29, 1.82) is 0 Å². The first-order chi connectivity index (χ1) is 12.2. The van der Waals surface area contributed by atoms with E-state index in [1.54, 1.807) is 18.6 Å². The van der Waals surface area contributed by atoms with Gasteiger partial charge in [-0.1, -0.05) is 6.07 Å². The lowest BCUT2D eigenvalue weighted by molar-refractivity contribution is 0.0696. The SMILES string of the molecule is CCN(C(=O)c1cc(N2CCOCC2)ccn1)[C@H](C)c1cccnc1. The summed E-state index contributed by atoms with van der Waals surface area (Å²) in [6.07, 6.45) is 5.25. The minimum absolute atomic E-state index is 0.0555. The molecule has 1 aliphatic heterocycles. The summed E-state index contributed by atoms with van der Waals surface area (Å²) < 4.78 is 5.40. The number of hydrogen-bond acceptors (Lipinski definition) is 5. The first kappa shape index (κ1) is 17.4. The summed E-state index contributed by atoms with van der Waals surface area (Å²) in [5.41, 5.74) is 2.51. The summed E-state index contributed by atoms with van der Waals surface area (Å²) >= 11 is 0. The number of morpholine rings is 1. The van der Waals surface area contributed by atoms with Crippen molar-refractivity contribution >= 4 is 11.6 Å². The van der Waals surface area contributed by atoms with Gasteiger partial charge in [0.2, 0.25) is 0 Å². The van der Waals surface area contributed by atoms with Gasteiger partial charge in [0.05, 0.1) is 19.3 Å². The van der Waals surface area contributed by atoms with Crippen LogP contribution >= 0.6 is 0 Å². The van der Waals surface area contributed by atoms with Crippen molar-refractivity contribution < 1.29 is 9.53 Å². The van der Waals surface area contributed by atoms with E-state index >= 15 is 0 Å². The number of aromatic nitrogens is 2. The van der Waals surface area contributed by atoms with Gasteiger partial charge in [-0.25, -0.2) is 0 Å². The van der Waals surface area contributed by atoms with E-state index in [4.69, 9.17) is 4.74 Å². The number of hydrogen-bond donors (Lipinski definition) is 0. The molecule has 6 heteroatoms. The fourth-order valence-electron chi connectivity index (χ4n) is 3.10. The summed E-state index contributed by atoms with van der Waals surface area (Å²) in [4.78, 5) is 25.5. The Kier molecular flexibility index (Phi) is 5.60. The van der Waals surface area contributed by atoms with Crippen LogP contribution in [0.2, 0.25) is 0 Å². The normalized spacial score (nSPS) is 15.7. The van der Waals surface area contributed by atoms with Crippen molar-refractivity contribution in [2.24, 2.45) is 0 Å². The number of carbonyl (C=O) groups is 1. The first-order valence-corrected chi connectivity index (χ1v) is 8.70. The predicted octanol–water partition coefficient (Wildman–Crippen LogP) is 2.54. The van der Waals surface area contributed by atoms with Crippen LogP contribution in [-0.4, -0.2) is 53.6 Å². The molecular formula is C19H24N4O2. The van der Waals surface area contributed by atoms with Crippen LogP contribution in [-0.2, 0) is 4.74 Å². The van der Waals surface area contributed by atoms with Crippen LogP contribution in [0, 0.1) is 0 Å². The molecule has 0 bridgehead atoms.